The summed E-state index contributed by atoms with van der Waals surface area (Å²) in [6.45, 7) is 0. The Bertz CT molecular complexity index is 2700. The van der Waals surface area contributed by atoms with Gasteiger partial charge < -0.3 is 0 Å². The minimum absolute atomic E-state index is 0.00845. The number of thiophene rings is 1. The molecule has 0 saturated heterocycles. The highest BCUT2D eigenvalue weighted by molar-refractivity contribution is 7.27. The maximum atomic E-state index is 8.74. The summed E-state index contributed by atoms with van der Waals surface area (Å²) in [5.41, 5.74) is 2.88. The second-order valence-electron chi connectivity index (χ2n) is 9.67. The van der Waals surface area contributed by atoms with Crippen LogP contribution in [-0.2, 0) is 0 Å². The van der Waals surface area contributed by atoms with Crippen molar-refractivity contribution in [2.75, 3.05) is 0 Å². The number of nitrogens with zero attached hydrogens (tertiary/aromatic N) is 4. The molecule has 0 aliphatic carbocycles. The Hall–Kier alpha value is -5.13. The molecule has 186 valence electrons. The van der Waals surface area contributed by atoms with Gasteiger partial charge >= 0.3 is 0 Å². The first-order chi connectivity index (χ1) is 21.9. The Labute approximate surface area is 239 Å². The highest BCUT2D eigenvalue weighted by Crippen LogP contribution is 2.47. The summed E-state index contributed by atoms with van der Waals surface area (Å²) >= 11 is 1.77. The van der Waals surface area contributed by atoms with Crippen molar-refractivity contribution < 1.29 is 6.85 Å². The van der Waals surface area contributed by atoms with E-state index in [1.165, 1.54) is 20.2 Å². The van der Waals surface area contributed by atoms with Crippen LogP contribution in [0.5, 0.6) is 0 Å². The van der Waals surface area contributed by atoms with Crippen molar-refractivity contribution in [2.24, 2.45) is 0 Å². The van der Waals surface area contributed by atoms with E-state index in [2.05, 4.69) is 53.5 Å². The molecule has 9 aromatic rings. The zero-order valence-electron chi connectivity index (χ0n) is 25.9. The van der Waals surface area contributed by atoms with E-state index in [-0.39, 0.29) is 23.3 Å². The molecule has 5 aromatic carbocycles. The van der Waals surface area contributed by atoms with E-state index < -0.39 is 18.1 Å². The molecule has 4 aromatic heterocycles. The van der Waals surface area contributed by atoms with Crippen LogP contribution in [0.2, 0.25) is 0 Å². The molecule has 9 rings (SSSR count). The smallest absolute Gasteiger partial charge is 0.235 e. The summed E-state index contributed by atoms with van der Waals surface area (Å²) in [5, 5.41) is 6.73. The number of para-hydroxylation sites is 1. The predicted octanol–water partition coefficient (Wildman–Crippen LogP) is 9.31. The minimum Gasteiger partial charge on any atom is -0.277 e. The van der Waals surface area contributed by atoms with Crippen molar-refractivity contribution in [3.8, 4) is 17.2 Å². The number of benzene rings is 5. The highest BCUT2D eigenvalue weighted by atomic mass is 32.1. The molecule has 4 nitrogen and oxygen atoms in total. The highest BCUT2D eigenvalue weighted by Gasteiger charge is 2.23. The average molecular weight is 534 g/mol. The lowest BCUT2D eigenvalue weighted by molar-refractivity contribution is 1.01. The van der Waals surface area contributed by atoms with Crippen LogP contribution in [0.25, 0.3) is 81.0 Å². The van der Waals surface area contributed by atoms with Gasteiger partial charge in [0.05, 0.1) is 23.4 Å². The van der Waals surface area contributed by atoms with Crippen molar-refractivity contribution in [1.29, 1.82) is 0 Å². The van der Waals surface area contributed by atoms with Crippen molar-refractivity contribution in [3.05, 3.63) is 121 Å². The fraction of sp³-hybridized carbons (Fsp3) is 0. The lowest BCUT2D eigenvalue weighted by Gasteiger charge is -2.12. The van der Waals surface area contributed by atoms with Gasteiger partial charge in [0.15, 0.2) is 0 Å². The Morgan fingerprint density at radius 2 is 1.43 bits per heavy atom. The van der Waals surface area contributed by atoms with Crippen LogP contribution >= 0.6 is 11.3 Å². The first kappa shape index (κ1) is 17.5. The Morgan fingerprint density at radius 1 is 0.675 bits per heavy atom. The van der Waals surface area contributed by atoms with Gasteiger partial charge in [0.1, 0.15) is 11.2 Å². The van der Waals surface area contributed by atoms with Gasteiger partial charge in [-0.1, -0.05) is 90.9 Å². The summed E-state index contributed by atoms with van der Waals surface area (Å²) in [7, 11) is 0. The zero-order chi connectivity index (χ0) is 30.6. The largest absolute Gasteiger partial charge is 0.277 e. The van der Waals surface area contributed by atoms with Crippen molar-refractivity contribution >= 4 is 75.1 Å². The van der Waals surface area contributed by atoms with Crippen LogP contribution in [-0.4, -0.2) is 19.5 Å². The summed E-state index contributed by atoms with van der Waals surface area (Å²) < 4.78 is 46.7. The molecule has 0 atom stereocenters. The average Bonchev–Trinajstić information content (AvgIpc) is 3.63. The SMILES string of the molecule is [2H]c1c([2H])c([2H])c(-c2nc(-n3c4ccccc4c4c5sc6ccccc6c5c5ccccc5c43)nc3cccnc23)c([2H])c1[2H]. The standard InChI is InChI=1S/C35H20N4S/c1-2-11-21(12-3-1)31-32-26(17-10-20-36-32)37-35(38-31)39-27-18-8-6-15-24(27)30-33(39)23-14-5-4-13-22(23)29-25-16-7-9-19-28(25)40-34(29)30/h1-20H/i1D,2D,3D,11D,12D. The molecule has 0 radical (unpaired) electrons. The number of aromatic nitrogens is 4. The van der Waals surface area contributed by atoms with Crippen LogP contribution < -0.4 is 0 Å². The molecule has 4 heterocycles. The van der Waals surface area contributed by atoms with Crippen LogP contribution in [0.1, 0.15) is 6.85 Å². The molecule has 0 aliphatic heterocycles. The first-order valence-corrected chi connectivity index (χ1v) is 13.7. The van der Waals surface area contributed by atoms with E-state index in [4.69, 9.17) is 16.8 Å². The van der Waals surface area contributed by atoms with E-state index in [9.17, 15) is 0 Å². The van der Waals surface area contributed by atoms with E-state index in [0.717, 1.165) is 32.6 Å². The maximum absolute atomic E-state index is 8.74. The second-order valence-corrected chi connectivity index (χ2v) is 10.7. The van der Waals surface area contributed by atoms with Gasteiger partial charge in [-0.3, -0.25) is 9.55 Å². The van der Waals surface area contributed by atoms with Gasteiger partial charge in [-0.15, -0.1) is 11.3 Å². The summed E-state index contributed by atoms with van der Waals surface area (Å²) in [6.07, 6.45) is 1.59. The Morgan fingerprint density at radius 3 is 2.30 bits per heavy atom. The molecule has 0 saturated carbocycles. The molecular weight excluding hydrogens is 508 g/mol. The number of fused-ring (bicyclic) bond motifs is 11. The van der Waals surface area contributed by atoms with Crippen LogP contribution in [0.3, 0.4) is 0 Å². The molecule has 0 fully saturated rings. The molecular formula is C35H20N4S. The third-order valence-corrected chi connectivity index (χ3v) is 8.72. The summed E-state index contributed by atoms with van der Waals surface area (Å²) in [4.78, 5) is 14.5. The molecule has 0 amide bonds. The van der Waals surface area contributed by atoms with Gasteiger partial charge in [0, 0.05) is 48.1 Å². The fourth-order valence-corrected chi connectivity index (χ4v) is 7.20. The molecule has 0 spiro atoms. The molecule has 5 heteroatoms. The lowest BCUT2D eigenvalue weighted by Crippen LogP contribution is -2.04. The summed E-state index contributed by atoms with van der Waals surface area (Å²) in [6, 6.07) is 26.6. The van der Waals surface area contributed by atoms with Gasteiger partial charge in [0.25, 0.3) is 0 Å². The summed E-state index contributed by atoms with van der Waals surface area (Å²) in [5.74, 6) is 0.328. The van der Waals surface area contributed by atoms with E-state index in [1.54, 1.807) is 23.6 Å². The fourth-order valence-electron chi connectivity index (χ4n) is 5.93. The van der Waals surface area contributed by atoms with Gasteiger partial charge in [0.2, 0.25) is 5.95 Å². The Kier molecular flexibility index (Phi) is 3.57. The molecule has 0 N–H and O–H groups in total. The second kappa shape index (κ2) is 8.18. The predicted molar refractivity (Wildman–Crippen MR) is 168 cm³/mol. The number of pyridine rings is 1. The molecule has 0 bridgehead atoms. The minimum atomic E-state index is -0.457. The van der Waals surface area contributed by atoms with Crippen LogP contribution in [0.4, 0.5) is 0 Å². The van der Waals surface area contributed by atoms with Crippen molar-refractivity contribution in [1.82, 2.24) is 19.5 Å². The zero-order valence-corrected chi connectivity index (χ0v) is 21.7. The number of hydrogen-bond donors (Lipinski definition) is 0. The topological polar surface area (TPSA) is 43.6 Å². The third-order valence-electron chi connectivity index (χ3n) is 7.53. The van der Waals surface area contributed by atoms with Crippen molar-refractivity contribution in [3.63, 3.8) is 0 Å². The first-order valence-electron chi connectivity index (χ1n) is 15.4. The number of hydrogen-bond acceptors (Lipinski definition) is 4. The molecule has 0 unspecified atom stereocenters. The Balaban J connectivity index is 1.51. The van der Waals surface area contributed by atoms with E-state index in [0.29, 0.717) is 17.0 Å². The van der Waals surface area contributed by atoms with Crippen molar-refractivity contribution in [2.45, 2.75) is 0 Å². The quantitative estimate of drug-likeness (QED) is 0.222. The van der Waals surface area contributed by atoms with Gasteiger partial charge in [-0.05, 0) is 29.7 Å². The molecule has 40 heavy (non-hydrogen) atoms. The lowest BCUT2D eigenvalue weighted by atomic mass is 10.00. The van der Waals surface area contributed by atoms with Crippen LogP contribution in [0, 0.1) is 0 Å². The third kappa shape index (κ3) is 2.92. The van der Waals surface area contributed by atoms with Gasteiger partial charge in [-0.25, -0.2) is 9.97 Å². The normalized spacial score (nSPS) is 13.8. The van der Waals surface area contributed by atoms with Gasteiger partial charge in [-0.2, -0.15) is 0 Å². The van der Waals surface area contributed by atoms with Crippen LogP contribution in [0.15, 0.2) is 121 Å². The van der Waals surface area contributed by atoms with E-state index in [1.807, 2.05) is 34.9 Å². The van der Waals surface area contributed by atoms with E-state index >= 15 is 0 Å². The maximum Gasteiger partial charge on any atom is 0.235 e. The number of rotatable bonds is 2. The molecule has 0 aliphatic rings. The monoisotopic (exact) mass is 533 g/mol.